The van der Waals surface area contributed by atoms with Gasteiger partial charge in [-0.3, -0.25) is 4.90 Å². The van der Waals surface area contributed by atoms with E-state index < -0.39 is 10.0 Å². The summed E-state index contributed by atoms with van der Waals surface area (Å²) in [6, 6.07) is 16.1. The average molecular weight is 498 g/mol. The van der Waals surface area contributed by atoms with E-state index in [1.54, 1.807) is 30.5 Å². The van der Waals surface area contributed by atoms with E-state index >= 15 is 0 Å². The molecular weight excluding hydrogens is 466 g/mol. The molecule has 0 spiro atoms. The van der Waals surface area contributed by atoms with Gasteiger partial charge in [0.1, 0.15) is 5.75 Å². The highest BCUT2D eigenvalue weighted by molar-refractivity contribution is 7.89. The molecule has 0 radical (unpaired) electrons. The van der Waals surface area contributed by atoms with E-state index in [-0.39, 0.29) is 4.90 Å². The number of nitrogens with zero attached hydrogens (tertiary/aromatic N) is 3. The Balaban J connectivity index is 1.32. The molecule has 0 atom stereocenters. The molecule has 1 aliphatic rings. The fourth-order valence-corrected chi connectivity index (χ4v) is 4.81. The summed E-state index contributed by atoms with van der Waals surface area (Å²) < 4.78 is 38.7. The first-order chi connectivity index (χ1) is 17.0. The minimum absolute atomic E-state index is 0.221. The van der Waals surface area contributed by atoms with Crippen LogP contribution in [-0.4, -0.2) is 69.3 Å². The molecule has 1 aliphatic heterocycles. The summed E-state index contributed by atoms with van der Waals surface area (Å²) in [7, 11) is -3.57. The third-order valence-electron chi connectivity index (χ3n) is 5.58. The number of rotatable bonds is 11. The second-order valence-electron chi connectivity index (χ2n) is 8.08. The van der Waals surface area contributed by atoms with Crippen LogP contribution in [0.2, 0.25) is 0 Å². The molecule has 2 heterocycles. The Kier molecular flexibility index (Phi) is 8.64. The Bertz CT molecular complexity index is 1180. The summed E-state index contributed by atoms with van der Waals surface area (Å²) in [5.74, 6) is 1.23. The molecular formula is C25H31N5O4S. The van der Waals surface area contributed by atoms with Gasteiger partial charge in [0.15, 0.2) is 0 Å². The zero-order valence-corrected chi connectivity index (χ0v) is 20.6. The first-order valence-corrected chi connectivity index (χ1v) is 13.2. The monoisotopic (exact) mass is 497 g/mol. The summed E-state index contributed by atoms with van der Waals surface area (Å²) >= 11 is 0. The van der Waals surface area contributed by atoms with E-state index in [0.29, 0.717) is 24.8 Å². The van der Waals surface area contributed by atoms with E-state index in [1.807, 2.05) is 37.3 Å². The van der Waals surface area contributed by atoms with Gasteiger partial charge in [0.25, 0.3) is 0 Å². The van der Waals surface area contributed by atoms with Crippen LogP contribution >= 0.6 is 0 Å². The van der Waals surface area contributed by atoms with Crippen LogP contribution in [0.5, 0.6) is 5.75 Å². The Morgan fingerprint density at radius 2 is 1.77 bits per heavy atom. The highest BCUT2D eigenvalue weighted by Crippen LogP contribution is 2.23. The SMILES string of the molecule is CCOc1ccc(-c2ccnc(Nc3ccc(S(=O)(=O)NCCCN4CCOCC4)cc3)n2)cc1. The van der Waals surface area contributed by atoms with Gasteiger partial charge in [-0.05, 0) is 74.5 Å². The summed E-state index contributed by atoms with van der Waals surface area (Å²) in [6.45, 7) is 7.08. The zero-order valence-electron chi connectivity index (χ0n) is 19.8. The van der Waals surface area contributed by atoms with Crippen LogP contribution in [0.1, 0.15) is 13.3 Å². The Morgan fingerprint density at radius 3 is 2.49 bits per heavy atom. The van der Waals surface area contributed by atoms with Crippen molar-refractivity contribution in [3.8, 4) is 17.0 Å². The number of morpholine rings is 1. The highest BCUT2D eigenvalue weighted by atomic mass is 32.2. The summed E-state index contributed by atoms with van der Waals surface area (Å²) in [5.41, 5.74) is 2.41. The molecule has 2 N–H and O–H groups in total. The van der Waals surface area contributed by atoms with Crippen molar-refractivity contribution in [2.24, 2.45) is 0 Å². The number of ether oxygens (including phenoxy) is 2. The van der Waals surface area contributed by atoms with E-state index in [0.717, 1.165) is 56.3 Å². The van der Waals surface area contributed by atoms with Crippen LogP contribution < -0.4 is 14.8 Å². The van der Waals surface area contributed by atoms with E-state index in [2.05, 4.69) is 24.9 Å². The second-order valence-corrected chi connectivity index (χ2v) is 9.84. The van der Waals surface area contributed by atoms with Crippen molar-refractivity contribution in [1.82, 2.24) is 19.6 Å². The zero-order chi connectivity index (χ0) is 24.5. The van der Waals surface area contributed by atoms with Gasteiger partial charge >= 0.3 is 0 Å². The highest BCUT2D eigenvalue weighted by Gasteiger charge is 2.15. The predicted molar refractivity (Wildman–Crippen MR) is 135 cm³/mol. The predicted octanol–water partition coefficient (Wildman–Crippen LogP) is 3.29. The lowest BCUT2D eigenvalue weighted by atomic mass is 10.1. The summed E-state index contributed by atoms with van der Waals surface area (Å²) in [6.07, 6.45) is 2.43. The van der Waals surface area contributed by atoms with Crippen molar-refractivity contribution in [2.45, 2.75) is 18.2 Å². The largest absolute Gasteiger partial charge is 0.494 e. The summed E-state index contributed by atoms with van der Waals surface area (Å²) in [4.78, 5) is 11.3. The number of benzene rings is 2. The standard InChI is InChI=1S/C25H31N5O4S/c1-2-34-22-8-4-20(5-9-22)24-12-14-26-25(29-24)28-21-6-10-23(11-7-21)35(31,32)27-13-3-15-30-16-18-33-19-17-30/h4-12,14,27H,2-3,13,15-19H2,1H3,(H,26,28,29). The number of aromatic nitrogens is 2. The van der Waals surface area contributed by atoms with Crippen LogP contribution in [0, 0.1) is 0 Å². The van der Waals surface area contributed by atoms with Crippen LogP contribution in [0.3, 0.4) is 0 Å². The molecule has 1 fully saturated rings. The molecule has 0 unspecified atom stereocenters. The van der Waals surface area contributed by atoms with Crippen LogP contribution in [0.25, 0.3) is 11.3 Å². The topological polar surface area (TPSA) is 106 Å². The van der Waals surface area contributed by atoms with Crippen LogP contribution in [0.15, 0.2) is 65.7 Å². The fraction of sp³-hybridized carbons (Fsp3) is 0.360. The number of anilines is 2. The molecule has 1 aromatic heterocycles. The van der Waals surface area contributed by atoms with E-state index in [1.165, 1.54) is 0 Å². The number of hydrogen-bond acceptors (Lipinski definition) is 8. The molecule has 0 aliphatic carbocycles. The molecule has 2 aromatic carbocycles. The Hall–Kier alpha value is -3.05. The van der Waals surface area contributed by atoms with Gasteiger partial charge in [0.05, 0.1) is 30.4 Å². The minimum atomic E-state index is -3.57. The number of hydrogen-bond donors (Lipinski definition) is 2. The molecule has 3 aromatic rings. The average Bonchev–Trinajstić information content (AvgIpc) is 2.88. The van der Waals surface area contributed by atoms with Gasteiger partial charge in [-0.15, -0.1) is 0 Å². The third kappa shape index (κ3) is 7.22. The van der Waals surface area contributed by atoms with Gasteiger partial charge in [0.2, 0.25) is 16.0 Å². The van der Waals surface area contributed by atoms with E-state index in [4.69, 9.17) is 9.47 Å². The number of nitrogens with one attached hydrogen (secondary N) is 2. The quantitative estimate of drug-likeness (QED) is 0.389. The molecule has 0 bridgehead atoms. The smallest absolute Gasteiger partial charge is 0.240 e. The molecule has 4 rings (SSSR count). The molecule has 186 valence electrons. The second kappa shape index (κ2) is 12.1. The molecule has 0 saturated carbocycles. The third-order valence-corrected chi connectivity index (χ3v) is 7.06. The van der Waals surface area contributed by atoms with Gasteiger partial charge in [-0.1, -0.05) is 0 Å². The first-order valence-electron chi connectivity index (χ1n) is 11.8. The van der Waals surface area contributed by atoms with Crippen molar-refractivity contribution in [1.29, 1.82) is 0 Å². The maximum atomic E-state index is 12.6. The lowest BCUT2D eigenvalue weighted by Crippen LogP contribution is -2.38. The lowest BCUT2D eigenvalue weighted by Gasteiger charge is -2.26. The van der Waals surface area contributed by atoms with E-state index in [9.17, 15) is 8.42 Å². The molecule has 0 amide bonds. The van der Waals surface area contributed by atoms with Gasteiger partial charge < -0.3 is 14.8 Å². The van der Waals surface area contributed by atoms with Crippen LogP contribution in [0.4, 0.5) is 11.6 Å². The molecule has 10 heteroatoms. The molecule has 9 nitrogen and oxygen atoms in total. The lowest BCUT2D eigenvalue weighted by molar-refractivity contribution is 0.0376. The van der Waals surface area contributed by atoms with Crippen LogP contribution in [-0.2, 0) is 14.8 Å². The van der Waals surface area contributed by atoms with Crippen molar-refractivity contribution < 1.29 is 17.9 Å². The normalized spacial score (nSPS) is 14.5. The van der Waals surface area contributed by atoms with Crippen molar-refractivity contribution in [3.63, 3.8) is 0 Å². The Morgan fingerprint density at radius 1 is 1.03 bits per heavy atom. The van der Waals surface area contributed by atoms with Gasteiger partial charge in [-0.25, -0.2) is 23.1 Å². The first kappa shape index (κ1) is 25.1. The summed E-state index contributed by atoms with van der Waals surface area (Å²) in [5, 5.41) is 3.14. The van der Waals surface area contributed by atoms with Crippen molar-refractivity contribution in [3.05, 3.63) is 60.8 Å². The van der Waals surface area contributed by atoms with Crippen molar-refractivity contribution >= 4 is 21.7 Å². The van der Waals surface area contributed by atoms with Gasteiger partial charge in [0, 0.05) is 37.1 Å². The van der Waals surface area contributed by atoms with Gasteiger partial charge in [-0.2, -0.15) is 0 Å². The molecule has 35 heavy (non-hydrogen) atoms. The number of sulfonamides is 1. The Labute approximate surface area is 206 Å². The fourth-order valence-electron chi connectivity index (χ4n) is 3.73. The maximum Gasteiger partial charge on any atom is 0.240 e. The molecule has 1 saturated heterocycles. The maximum absolute atomic E-state index is 12.6. The minimum Gasteiger partial charge on any atom is -0.494 e. The van der Waals surface area contributed by atoms with Crippen molar-refractivity contribution in [2.75, 3.05) is 51.3 Å².